The monoisotopic (exact) mass is 304 g/mol. The Morgan fingerprint density at radius 2 is 1.91 bits per heavy atom. The minimum Gasteiger partial charge on any atom is -0.339 e. The molecule has 0 bridgehead atoms. The summed E-state index contributed by atoms with van der Waals surface area (Å²) in [6, 6.07) is 0. The molecule has 1 aliphatic rings. The van der Waals surface area contributed by atoms with Crippen LogP contribution in [0.5, 0.6) is 0 Å². The van der Waals surface area contributed by atoms with Gasteiger partial charge in [-0.15, -0.1) is 0 Å². The highest BCUT2D eigenvalue weighted by atomic mass is 19.1. The van der Waals surface area contributed by atoms with Gasteiger partial charge in [-0.05, 0) is 13.3 Å². The van der Waals surface area contributed by atoms with Crippen LogP contribution < -0.4 is 4.90 Å². The van der Waals surface area contributed by atoms with E-state index in [1.807, 2.05) is 10.9 Å². The number of rotatable bonds is 4. The summed E-state index contributed by atoms with van der Waals surface area (Å²) in [6.07, 6.45) is 7.54. The first-order valence-electron chi connectivity index (χ1n) is 7.71. The van der Waals surface area contributed by atoms with E-state index in [0.29, 0.717) is 5.95 Å². The Kier molecular flexibility index (Phi) is 4.62. The summed E-state index contributed by atoms with van der Waals surface area (Å²) in [5, 5.41) is 4.32. The Hall–Kier alpha value is -2.02. The third-order valence-electron chi connectivity index (χ3n) is 3.89. The van der Waals surface area contributed by atoms with Crippen molar-refractivity contribution in [1.29, 1.82) is 0 Å². The second-order valence-corrected chi connectivity index (χ2v) is 5.52. The lowest BCUT2D eigenvalue weighted by atomic mass is 10.3. The summed E-state index contributed by atoms with van der Waals surface area (Å²) in [6.45, 7) is 7.63. The second kappa shape index (κ2) is 6.83. The van der Waals surface area contributed by atoms with Gasteiger partial charge >= 0.3 is 0 Å². The predicted octanol–water partition coefficient (Wildman–Crippen LogP) is 1.54. The molecule has 0 N–H and O–H groups in total. The van der Waals surface area contributed by atoms with Crippen molar-refractivity contribution in [2.75, 3.05) is 31.1 Å². The third kappa shape index (κ3) is 3.59. The molecule has 0 amide bonds. The van der Waals surface area contributed by atoms with Crippen LogP contribution in [0, 0.1) is 5.82 Å². The highest BCUT2D eigenvalue weighted by Crippen LogP contribution is 2.13. The highest BCUT2D eigenvalue weighted by molar-refractivity contribution is 5.28. The van der Waals surface area contributed by atoms with E-state index in [2.05, 4.69) is 38.0 Å². The molecular weight excluding hydrogens is 283 g/mol. The second-order valence-electron chi connectivity index (χ2n) is 5.52. The summed E-state index contributed by atoms with van der Waals surface area (Å²) in [5.41, 5.74) is 1.24. The van der Waals surface area contributed by atoms with Crippen LogP contribution in [-0.4, -0.2) is 50.8 Å². The summed E-state index contributed by atoms with van der Waals surface area (Å²) >= 11 is 0. The van der Waals surface area contributed by atoms with Crippen molar-refractivity contribution < 1.29 is 4.39 Å². The molecule has 0 spiro atoms. The number of aryl methyl sites for hydroxylation is 1. The number of anilines is 1. The van der Waals surface area contributed by atoms with Gasteiger partial charge in [0.15, 0.2) is 5.82 Å². The molecule has 22 heavy (non-hydrogen) atoms. The first kappa shape index (κ1) is 14.9. The zero-order chi connectivity index (χ0) is 15.4. The molecule has 3 rings (SSSR count). The molecule has 0 saturated carbocycles. The van der Waals surface area contributed by atoms with Gasteiger partial charge < -0.3 is 4.90 Å². The van der Waals surface area contributed by atoms with Gasteiger partial charge in [-0.25, -0.2) is 14.4 Å². The van der Waals surface area contributed by atoms with Gasteiger partial charge in [0.25, 0.3) is 0 Å². The molecule has 0 atom stereocenters. The molecular formula is C15H21FN6. The van der Waals surface area contributed by atoms with Crippen molar-refractivity contribution in [3.05, 3.63) is 36.2 Å². The predicted molar refractivity (Wildman–Crippen MR) is 82.0 cm³/mol. The first-order valence-corrected chi connectivity index (χ1v) is 7.71. The van der Waals surface area contributed by atoms with E-state index in [4.69, 9.17) is 0 Å². The Balaban J connectivity index is 1.58. The maximum Gasteiger partial charge on any atom is 0.225 e. The fourth-order valence-corrected chi connectivity index (χ4v) is 2.72. The van der Waals surface area contributed by atoms with Crippen molar-refractivity contribution in [3.8, 4) is 0 Å². The molecule has 7 heteroatoms. The van der Waals surface area contributed by atoms with Crippen LogP contribution in [-0.2, 0) is 13.1 Å². The number of hydrogen-bond donors (Lipinski definition) is 0. The third-order valence-corrected chi connectivity index (χ3v) is 3.89. The topological polar surface area (TPSA) is 50.1 Å². The average Bonchev–Trinajstić information content (AvgIpc) is 2.86. The summed E-state index contributed by atoms with van der Waals surface area (Å²) in [7, 11) is 0. The van der Waals surface area contributed by atoms with Crippen LogP contribution in [0.3, 0.4) is 0 Å². The van der Waals surface area contributed by atoms with Gasteiger partial charge in [0, 0.05) is 51.0 Å². The fraction of sp³-hybridized carbons (Fsp3) is 0.533. The number of nitrogens with zero attached hydrogens (tertiary/aromatic N) is 6. The summed E-state index contributed by atoms with van der Waals surface area (Å²) in [4.78, 5) is 12.7. The minimum atomic E-state index is -0.395. The summed E-state index contributed by atoms with van der Waals surface area (Å²) in [5.74, 6) is 0.218. The van der Waals surface area contributed by atoms with Crippen LogP contribution in [0.15, 0.2) is 24.8 Å². The maximum atomic E-state index is 12.9. The number of hydrogen-bond acceptors (Lipinski definition) is 5. The number of halogens is 1. The average molecular weight is 304 g/mol. The first-order chi connectivity index (χ1) is 10.7. The van der Waals surface area contributed by atoms with E-state index < -0.39 is 5.82 Å². The van der Waals surface area contributed by atoms with Gasteiger partial charge in [-0.1, -0.05) is 0 Å². The van der Waals surface area contributed by atoms with Gasteiger partial charge in [0.05, 0.1) is 18.6 Å². The van der Waals surface area contributed by atoms with E-state index >= 15 is 0 Å². The Labute approximate surface area is 129 Å². The lowest BCUT2D eigenvalue weighted by molar-refractivity contribution is 0.285. The number of aromatic nitrogens is 4. The largest absolute Gasteiger partial charge is 0.339 e. The van der Waals surface area contributed by atoms with Crippen LogP contribution in [0.1, 0.15) is 18.9 Å². The Morgan fingerprint density at radius 1 is 1.09 bits per heavy atom. The zero-order valence-corrected chi connectivity index (χ0v) is 12.8. The van der Waals surface area contributed by atoms with Crippen molar-refractivity contribution in [1.82, 2.24) is 24.6 Å². The van der Waals surface area contributed by atoms with Crippen molar-refractivity contribution in [2.24, 2.45) is 0 Å². The van der Waals surface area contributed by atoms with E-state index in [0.717, 1.165) is 45.7 Å². The van der Waals surface area contributed by atoms with E-state index in [1.54, 1.807) is 0 Å². The van der Waals surface area contributed by atoms with E-state index in [9.17, 15) is 4.39 Å². The SMILES string of the molecule is CCn1cc(CN2CCCN(c3ncc(F)cn3)CC2)cn1. The Morgan fingerprint density at radius 3 is 2.64 bits per heavy atom. The van der Waals surface area contributed by atoms with Crippen molar-refractivity contribution in [3.63, 3.8) is 0 Å². The Bertz CT molecular complexity index is 596. The van der Waals surface area contributed by atoms with Gasteiger partial charge in [0.2, 0.25) is 5.95 Å². The molecule has 0 unspecified atom stereocenters. The maximum absolute atomic E-state index is 12.9. The van der Waals surface area contributed by atoms with Crippen LogP contribution in [0.4, 0.5) is 10.3 Å². The normalized spacial score (nSPS) is 16.7. The molecule has 3 heterocycles. The molecule has 1 aliphatic heterocycles. The van der Waals surface area contributed by atoms with E-state index in [1.165, 1.54) is 18.0 Å². The highest BCUT2D eigenvalue weighted by Gasteiger charge is 2.17. The van der Waals surface area contributed by atoms with Gasteiger partial charge in [-0.2, -0.15) is 5.10 Å². The molecule has 1 fully saturated rings. The van der Waals surface area contributed by atoms with Crippen LogP contribution >= 0.6 is 0 Å². The fourth-order valence-electron chi connectivity index (χ4n) is 2.72. The quantitative estimate of drug-likeness (QED) is 0.857. The zero-order valence-electron chi connectivity index (χ0n) is 12.8. The summed E-state index contributed by atoms with van der Waals surface area (Å²) < 4.78 is 14.9. The molecule has 0 aliphatic carbocycles. The molecule has 6 nitrogen and oxygen atoms in total. The minimum absolute atomic E-state index is 0.395. The molecule has 2 aromatic rings. The molecule has 1 saturated heterocycles. The lowest BCUT2D eigenvalue weighted by Gasteiger charge is -2.21. The van der Waals surface area contributed by atoms with Gasteiger partial charge in [0.1, 0.15) is 0 Å². The van der Waals surface area contributed by atoms with E-state index in [-0.39, 0.29) is 0 Å². The smallest absolute Gasteiger partial charge is 0.225 e. The lowest BCUT2D eigenvalue weighted by Crippen LogP contribution is -2.31. The molecule has 0 radical (unpaired) electrons. The van der Waals surface area contributed by atoms with Crippen LogP contribution in [0.2, 0.25) is 0 Å². The van der Waals surface area contributed by atoms with Crippen molar-refractivity contribution >= 4 is 5.95 Å². The van der Waals surface area contributed by atoms with Gasteiger partial charge in [-0.3, -0.25) is 9.58 Å². The molecule has 2 aromatic heterocycles. The van der Waals surface area contributed by atoms with Crippen molar-refractivity contribution in [2.45, 2.75) is 26.4 Å². The van der Waals surface area contributed by atoms with Crippen LogP contribution in [0.25, 0.3) is 0 Å². The standard InChI is InChI=1S/C15H21FN6/c1-2-22-12-13(8-19-22)11-20-4-3-5-21(7-6-20)15-17-9-14(16)10-18-15/h8-10,12H,2-7,11H2,1H3. The molecule has 0 aromatic carbocycles. The molecule has 118 valence electrons.